The van der Waals surface area contributed by atoms with Crippen LogP contribution in [0.3, 0.4) is 0 Å². The van der Waals surface area contributed by atoms with Gasteiger partial charge in [-0.25, -0.2) is 13.2 Å². The second-order valence-electron chi connectivity index (χ2n) is 5.54. The predicted octanol–water partition coefficient (Wildman–Crippen LogP) is 1.86. The Labute approximate surface area is 106 Å². The predicted molar refractivity (Wildman–Crippen MR) is 65.5 cm³/mol. The lowest BCUT2D eigenvalue weighted by Crippen LogP contribution is -2.37. The highest BCUT2D eigenvalue weighted by atomic mass is 35.7. The molecule has 0 heterocycles. The second-order valence-corrected chi connectivity index (χ2v) is 8.32. The molecule has 17 heavy (non-hydrogen) atoms. The molecule has 0 bridgehead atoms. The highest BCUT2D eigenvalue weighted by Gasteiger charge is 2.46. The molecule has 1 amide bonds. The van der Waals surface area contributed by atoms with Crippen molar-refractivity contribution in [3.63, 3.8) is 0 Å². The molecule has 1 fully saturated rings. The minimum atomic E-state index is -3.52. The van der Waals surface area contributed by atoms with Crippen molar-refractivity contribution in [3.05, 3.63) is 0 Å². The lowest BCUT2D eigenvalue weighted by Gasteiger charge is -2.21. The fraction of sp³-hybridized carbons (Fsp3) is 0.900. The Bertz CT molecular complexity index is 395. The van der Waals surface area contributed by atoms with Gasteiger partial charge in [0.05, 0.1) is 5.75 Å². The summed E-state index contributed by atoms with van der Waals surface area (Å²) >= 11 is 0. The van der Waals surface area contributed by atoms with Crippen molar-refractivity contribution >= 4 is 25.8 Å². The largest absolute Gasteiger partial charge is 0.444 e. The Kier molecular flexibility index (Phi) is 3.98. The third-order valence-electron chi connectivity index (χ3n) is 2.44. The number of amides is 1. The molecule has 0 radical (unpaired) electrons. The van der Waals surface area contributed by atoms with Crippen LogP contribution < -0.4 is 5.32 Å². The maximum Gasteiger partial charge on any atom is 0.407 e. The SMILES string of the molecule is CC(C)(C)OC(=O)NCC1(CS(=O)(=O)Cl)CC1. The van der Waals surface area contributed by atoms with E-state index in [4.69, 9.17) is 15.4 Å². The summed E-state index contributed by atoms with van der Waals surface area (Å²) < 4.78 is 27.0. The van der Waals surface area contributed by atoms with Crippen molar-refractivity contribution in [3.8, 4) is 0 Å². The zero-order valence-corrected chi connectivity index (χ0v) is 11.8. The molecule has 5 nitrogen and oxygen atoms in total. The second kappa shape index (κ2) is 4.65. The van der Waals surface area contributed by atoms with E-state index >= 15 is 0 Å². The van der Waals surface area contributed by atoms with Crippen LogP contribution in [0.25, 0.3) is 0 Å². The van der Waals surface area contributed by atoms with Gasteiger partial charge < -0.3 is 10.1 Å². The molecule has 100 valence electrons. The molecule has 0 saturated heterocycles. The molecule has 0 aromatic heterocycles. The van der Waals surface area contributed by atoms with E-state index in [0.29, 0.717) is 0 Å². The summed E-state index contributed by atoms with van der Waals surface area (Å²) in [6, 6.07) is 0. The highest BCUT2D eigenvalue weighted by Crippen LogP contribution is 2.46. The normalized spacial score (nSPS) is 18.6. The number of hydrogen-bond donors (Lipinski definition) is 1. The van der Waals surface area contributed by atoms with Gasteiger partial charge >= 0.3 is 6.09 Å². The van der Waals surface area contributed by atoms with Crippen molar-refractivity contribution in [2.45, 2.75) is 39.2 Å². The molecule has 1 aliphatic carbocycles. The topological polar surface area (TPSA) is 72.5 Å². The number of nitrogens with one attached hydrogen (secondary N) is 1. The molecule has 1 aliphatic rings. The number of alkyl carbamates (subject to hydrolysis) is 1. The van der Waals surface area contributed by atoms with Gasteiger partial charge in [0, 0.05) is 22.6 Å². The van der Waals surface area contributed by atoms with Crippen LogP contribution in [0.4, 0.5) is 4.79 Å². The van der Waals surface area contributed by atoms with Crippen LogP contribution >= 0.6 is 10.7 Å². The lowest BCUT2D eigenvalue weighted by atomic mass is 10.1. The van der Waals surface area contributed by atoms with Gasteiger partial charge in [-0.1, -0.05) is 0 Å². The zero-order chi connectivity index (χ0) is 13.3. The Hall–Kier alpha value is -0.490. The standard InChI is InChI=1S/C10H18ClNO4S/c1-9(2,3)16-8(13)12-6-10(4-5-10)7-17(11,14)15/h4-7H2,1-3H3,(H,12,13). The Morgan fingerprint density at radius 1 is 1.41 bits per heavy atom. The van der Waals surface area contributed by atoms with E-state index in [9.17, 15) is 13.2 Å². The van der Waals surface area contributed by atoms with Crippen LogP contribution in [0, 0.1) is 5.41 Å². The van der Waals surface area contributed by atoms with Crippen LogP contribution in [-0.2, 0) is 13.8 Å². The molecule has 1 rings (SSSR count). The van der Waals surface area contributed by atoms with Crippen LogP contribution in [-0.4, -0.2) is 32.4 Å². The van der Waals surface area contributed by atoms with E-state index in [2.05, 4.69) is 5.32 Å². The molecule has 0 aromatic rings. The summed E-state index contributed by atoms with van der Waals surface area (Å²) in [7, 11) is 1.69. The minimum Gasteiger partial charge on any atom is -0.444 e. The van der Waals surface area contributed by atoms with Crippen molar-refractivity contribution in [1.82, 2.24) is 5.32 Å². The van der Waals surface area contributed by atoms with Gasteiger partial charge in [-0.2, -0.15) is 0 Å². The first-order valence-electron chi connectivity index (χ1n) is 5.41. The first-order valence-corrected chi connectivity index (χ1v) is 7.88. The van der Waals surface area contributed by atoms with Crippen molar-refractivity contribution in [2.24, 2.45) is 5.41 Å². The van der Waals surface area contributed by atoms with E-state index < -0.39 is 26.2 Å². The maximum atomic E-state index is 11.4. The van der Waals surface area contributed by atoms with E-state index in [1.807, 2.05) is 0 Å². The van der Waals surface area contributed by atoms with E-state index in [1.165, 1.54) is 0 Å². The molecule has 0 atom stereocenters. The molecular formula is C10H18ClNO4S. The van der Waals surface area contributed by atoms with Gasteiger partial charge in [-0.15, -0.1) is 0 Å². The number of hydrogen-bond acceptors (Lipinski definition) is 4. The van der Waals surface area contributed by atoms with Gasteiger partial charge in [0.1, 0.15) is 5.60 Å². The first-order chi connectivity index (χ1) is 7.52. The number of ether oxygens (including phenoxy) is 1. The maximum absolute atomic E-state index is 11.4. The molecule has 1 N–H and O–H groups in total. The quantitative estimate of drug-likeness (QED) is 0.799. The summed E-state index contributed by atoms with van der Waals surface area (Å²) in [5, 5.41) is 2.58. The molecule has 0 spiro atoms. The van der Waals surface area contributed by atoms with E-state index in [0.717, 1.165) is 12.8 Å². The van der Waals surface area contributed by atoms with Gasteiger partial charge in [0.25, 0.3) is 0 Å². The van der Waals surface area contributed by atoms with Crippen molar-refractivity contribution in [1.29, 1.82) is 0 Å². The third kappa shape index (κ3) is 6.12. The van der Waals surface area contributed by atoms with Gasteiger partial charge in [0.2, 0.25) is 9.05 Å². The molecule has 0 aliphatic heterocycles. The van der Waals surface area contributed by atoms with Crippen LogP contribution in [0.2, 0.25) is 0 Å². The van der Waals surface area contributed by atoms with Gasteiger partial charge in [0.15, 0.2) is 0 Å². The average Bonchev–Trinajstić information content (AvgIpc) is 2.76. The number of halogens is 1. The van der Waals surface area contributed by atoms with E-state index in [-0.39, 0.29) is 12.3 Å². The molecular weight excluding hydrogens is 266 g/mol. The summed E-state index contributed by atoms with van der Waals surface area (Å²) in [6.07, 6.45) is 0.986. The Morgan fingerprint density at radius 3 is 2.29 bits per heavy atom. The smallest absolute Gasteiger partial charge is 0.407 e. The number of carbonyl (C=O) groups excluding carboxylic acids is 1. The molecule has 1 saturated carbocycles. The van der Waals surface area contributed by atoms with Crippen LogP contribution in [0.1, 0.15) is 33.6 Å². The Morgan fingerprint density at radius 2 is 1.94 bits per heavy atom. The third-order valence-corrected chi connectivity index (χ3v) is 3.73. The lowest BCUT2D eigenvalue weighted by molar-refractivity contribution is 0.0518. The summed E-state index contributed by atoms with van der Waals surface area (Å²) in [5.74, 6) is -0.0998. The fourth-order valence-corrected chi connectivity index (χ4v) is 3.31. The number of rotatable bonds is 4. The van der Waals surface area contributed by atoms with Crippen LogP contribution in [0.5, 0.6) is 0 Å². The zero-order valence-electron chi connectivity index (χ0n) is 10.2. The minimum absolute atomic E-state index is 0.0998. The number of carbonyl (C=O) groups is 1. The molecule has 0 aromatic carbocycles. The first kappa shape index (κ1) is 14.6. The average molecular weight is 284 g/mol. The monoisotopic (exact) mass is 283 g/mol. The van der Waals surface area contributed by atoms with Gasteiger partial charge in [-0.05, 0) is 33.6 Å². The van der Waals surface area contributed by atoms with Crippen LogP contribution in [0.15, 0.2) is 0 Å². The Balaban J connectivity index is 2.39. The fourth-order valence-electron chi connectivity index (χ4n) is 1.49. The summed E-state index contributed by atoms with van der Waals surface area (Å²) in [6.45, 7) is 5.59. The van der Waals surface area contributed by atoms with Crippen molar-refractivity contribution < 1.29 is 17.9 Å². The van der Waals surface area contributed by atoms with E-state index in [1.54, 1.807) is 20.8 Å². The summed E-state index contributed by atoms with van der Waals surface area (Å²) in [4.78, 5) is 11.4. The highest BCUT2D eigenvalue weighted by molar-refractivity contribution is 8.13. The molecule has 0 unspecified atom stereocenters. The van der Waals surface area contributed by atoms with Gasteiger partial charge in [-0.3, -0.25) is 0 Å². The molecule has 7 heteroatoms. The van der Waals surface area contributed by atoms with Crippen molar-refractivity contribution in [2.75, 3.05) is 12.3 Å². The summed E-state index contributed by atoms with van der Waals surface area (Å²) in [5.41, 5.74) is -0.948.